The second-order valence-electron chi connectivity index (χ2n) is 9.81. The zero-order valence-corrected chi connectivity index (χ0v) is 23.6. The van der Waals surface area contributed by atoms with Crippen LogP contribution in [0.5, 0.6) is 11.5 Å². The second-order valence-corrected chi connectivity index (χ2v) is 9.81. The minimum atomic E-state index is -0.145. The van der Waals surface area contributed by atoms with E-state index in [9.17, 15) is 4.79 Å². The summed E-state index contributed by atoms with van der Waals surface area (Å²) in [6, 6.07) is 25.9. The summed E-state index contributed by atoms with van der Waals surface area (Å²) in [5, 5.41) is 3.19. The highest BCUT2D eigenvalue weighted by Crippen LogP contribution is 2.15. The van der Waals surface area contributed by atoms with Crippen LogP contribution in [0.1, 0.15) is 49.8 Å². The molecule has 0 saturated carbocycles. The molecule has 0 bridgehead atoms. The van der Waals surface area contributed by atoms with Gasteiger partial charge in [0.25, 0.3) is 0 Å². The maximum absolute atomic E-state index is 12.8. The van der Waals surface area contributed by atoms with E-state index in [0.29, 0.717) is 39.1 Å². The average Bonchev–Trinajstić information content (AvgIpc) is 2.97. The first-order valence-electron chi connectivity index (χ1n) is 13.9. The van der Waals surface area contributed by atoms with E-state index in [1.807, 2.05) is 73.7 Å². The van der Waals surface area contributed by atoms with Gasteiger partial charge in [-0.1, -0.05) is 67.9 Å². The predicted octanol–water partition coefficient (Wildman–Crippen LogP) is 6.16. The van der Waals surface area contributed by atoms with Gasteiger partial charge >= 0.3 is 0 Å². The van der Waals surface area contributed by atoms with Crippen LogP contribution in [0.25, 0.3) is 0 Å². The lowest BCUT2D eigenvalue weighted by molar-refractivity contribution is -0.122. The zero-order valence-electron chi connectivity index (χ0n) is 23.6. The molecule has 39 heavy (non-hydrogen) atoms. The average molecular weight is 534 g/mol. The molecule has 3 rings (SSSR count). The summed E-state index contributed by atoms with van der Waals surface area (Å²) in [7, 11) is 1.65. The van der Waals surface area contributed by atoms with Crippen molar-refractivity contribution in [3.05, 3.63) is 95.6 Å². The number of benzene rings is 3. The van der Waals surface area contributed by atoms with Gasteiger partial charge < -0.3 is 24.3 Å². The third-order valence-electron chi connectivity index (χ3n) is 6.39. The first kappa shape index (κ1) is 30.2. The molecule has 0 heterocycles. The fourth-order valence-corrected chi connectivity index (χ4v) is 4.08. The Morgan fingerprint density at radius 2 is 1.54 bits per heavy atom. The van der Waals surface area contributed by atoms with E-state index in [0.717, 1.165) is 47.6 Å². The summed E-state index contributed by atoms with van der Waals surface area (Å²) in [4.78, 5) is 12.8. The topological polar surface area (TPSA) is 66.0 Å². The van der Waals surface area contributed by atoms with Crippen LogP contribution < -0.4 is 14.8 Å². The van der Waals surface area contributed by atoms with Crippen LogP contribution in [0, 0.1) is 0 Å². The summed E-state index contributed by atoms with van der Waals surface area (Å²) >= 11 is 0. The number of carbonyl (C=O) groups excluding carboxylic acids is 1. The molecule has 0 aliphatic heterocycles. The molecule has 0 spiro atoms. The van der Waals surface area contributed by atoms with Crippen LogP contribution in [-0.4, -0.2) is 45.0 Å². The van der Waals surface area contributed by atoms with Crippen LogP contribution in [0.15, 0.2) is 78.9 Å². The number of unbranched alkanes of at least 4 members (excludes halogenated alkanes) is 1. The molecule has 0 fully saturated rings. The number of aryl methyl sites for hydroxylation is 1. The monoisotopic (exact) mass is 533 g/mol. The molecule has 3 aromatic carbocycles. The molecule has 0 aliphatic carbocycles. The number of hydrogen-bond donors (Lipinski definition) is 1. The number of nitrogens with one attached hydrogen (secondary N) is 1. The maximum atomic E-state index is 12.8. The number of methoxy groups -OCH3 is 1. The van der Waals surface area contributed by atoms with Gasteiger partial charge in [-0.3, -0.25) is 4.79 Å². The molecule has 1 unspecified atom stereocenters. The Kier molecular flexibility index (Phi) is 13.4. The molecular weight excluding hydrogens is 490 g/mol. The van der Waals surface area contributed by atoms with Crippen molar-refractivity contribution >= 4 is 5.91 Å². The first-order chi connectivity index (χ1) is 19.1. The summed E-state index contributed by atoms with van der Waals surface area (Å²) in [6.07, 6.45) is 3.88. The SMILES string of the molecule is CCCCOc1ccc(C[C@@H](COCC(C)OCc2ccc(OC)cc2)NC(=O)CCc2ccccc2)cc1. The van der Waals surface area contributed by atoms with Gasteiger partial charge in [0.1, 0.15) is 11.5 Å². The number of hydrogen-bond acceptors (Lipinski definition) is 5. The lowest BCUT2D eigenvalue weighted by Crippen LogP contribution is -2.40. The van der Waals surface area contributed by atoms with E-state index in [1.165, 1.54) is 0 Å². The zero-order chi connectivity index (χ0) is 27.7. The summed E-state index contributed by atoms with van der Waals surface area (Å²) in [5.74, 6) is 1.72. The van der Waals surface area contributed by atoms with Crippen molar-refractivity contribution in [3.63, 3.8) is 0 Å². The van der Waals surface area contributed by atoms with E-state index < -0.39 is 0 Å². The minimum absolute atomic E-state index is 0.0239. The van der Waals surface area contributed by atoms with Crippen molar-refractivity contribution in [2.75, 3.05) is 26.9 Å². The van der Waals surface area contributed by atoms with Crippen molar-refractivity contribution in [1.29, 1.82) is 0 Å². The summed E-state index contributed by atoms with van der Waals surface area (Å²) in [5.41, 5.74) is 3.36. The highest BCUT2D eigenvalue weighted by molar-refractivity contribution is 5.76. The van der Waals surface area contributed by atoms with Gasteiger partial charge in [-0.25, -0.2) is 0 Å². The number of ether oxygens (including phenoxy) is 4. The normalized spacial score (nSPS) is 12.5. The molecule has 6 nitrogen and oxygen atoms in total. The predicted molar refractivity (Wildman–Crippen MR) is 155 cm³/mol. The Balaban J connectivity index is 1.49. The van der Waals surface area contributed by atoms with E-state index in [1.54, 1.807) is 7.11 Å². The van der Waals surface area contributed by atoms with Crippen LogP contribution in [0.2, 0.25) is 0 Å². The van der Waals surface area contributed by atoms with Gasteiger partial charge in [-0.15, -0.1) is 0 Å². The highest BCUT2D eigenvalue weighted by atomic mass is 16.5. The van der Waals surface area contributed by atoms with Crippen molar-refractivity contribution in [2.24, 2.45) is 0 Å². The smallest absolute Gasteiger partial charge is 0.220 e. The van der Waals surface area contributed by atoms with Crippen molar-refractivity contribution in [2.45, 2.75) is 64.7 Å². The van der Waals surface area contributed by atoms with Gasteiger partial charge in [0, 0.05) is 6.42 Å². The fraction of sp³-hybridized carbons (Fsp3) is 0.424. The number of rotatable bonds is 18. The van der Waals surface area contributed by atoms with E-state index in [-0.39, 0.29) is 18.1 Å². The Morgan fingerprint density at radius 3 is 2.23 bits per heavy atom. The Labute approximate surface area is 233 Å². The summed E-state index contributed by atoms with van der Waals surface area (Å²) < 4.78 is 23.0. The molecule has 1 amide bonds. The van der Waals surface area contributed by atoms with Gasteiger partial charge in [0.15, 0.2) is 0 Å². The van der Waals surface area contributed by atoms with Crippen molar-refractivity contribution in [1.82, 2.24) is 5.32 Å². The van der Waals surface area contributed by atoms with Crippen LogP contribution in [0.3, 0.4) is 0 Å². The molecule has 210 valence electrons. The fourth-order valence-electron chi connectivity index (χ4n) is 4.08. The van der Waals surface area contributed by atoms with E-state index in [2.05, 4.69) is 24.4 Å². The van der Waals surface area contributed by atoms with Crippen LogP contribution in [-0.2, 0) is 33.7 Å². The molecule has 0 radical (unpaired) electrons. The third-order valence-corrected chi connectivity index (χ3v) is 6.39. The Morgan fingerprint density at radius 1 is 0.846 bits per heavy atom. The highest BCUT2D eigenvalue weighted by Gasteiger charge is 2.15. The second kappa shape index (κ2) is 17.3. The molecule has 3 aromatic rings. The molecule has 6 heteroatoms. The molecule has 0 saturated heterocycles. The quantitative estimate of drug-likeness (QED) is 0.199. The molecule has 2 atom stereocenters. The van der Waals surface area contributed by atoms with Gasteiger partial charge in [0.05, 0.1) is 45.7 Å². The van der Waals surface area contributed by atoms with E-state index in [4.69, 9.17) is 18.9 Å². The van der Waals surface area contributed by atoms with Crippen LogP contribution in [0.4, 0.5) is 0 Å². The largest absolute Gasteiger partial charge is 0.497 e. The molecule has 1 N–H and O–H groups in total. The van der Waals surface area contributed by atoms with Gasteiger partial charge in [-0.2, -0.15) is 0 Å². The summed E-state index contributed by atoms with van der Waals surface area (Å²) in [6.45, 7) is 6.22. The standard InChI is InChI=1S/C33H43NO5/c1-4-5-21-38-32-18-11-28(12-19-32)22-30(34-33(35)20-15-27-9-7-6-8-10-27)25-37-23-26(2)39-24-29-13-16-31(36-3)17-14-29/h6-14,16-19,26,30H,4-5,15,20-25H2,1-3H3,(H,34,35)/t26?,30-/m0/s1. The first-order valence-corrected chi connectivity index (χ1v) is 13.9. The van der Waals surface area contributed by atoms with Gasteiger partial charge in [-0.05, 0) is 67.1 Å². The lowest BCUT2D eigenvalue weighted by atomic mass is 10.1. The molecular formula is C33H43NO5. The number of carbonyl (C=O) groups is 1. The Hall–Kier alpha value is -3.35. The van der Waals surface area contributed by atoms with Gasteiger partial charge in [0.2, 0.25) is 5.91 Å². The number of amides is 1. The van der Waals surface area contributed by atoms with Crippen LogP contribution >= 0.6 is 0 Å². The van der Waals surface area contributed by atoms with E-state index >= 15 is 0 Å². The third kappa shape index (κ3) is 11.9. The lowest BCUT2D eigenvalue weighted by Gasteiger charge is -2.21. The maximum Gasteiger partial charge on any atom is 0.220 e. The van der Waals surface area contributed by atoms with Crippen molar-refractivity contribution in [3.8, 4) is 11.5 Å². The van der Waals surface area contributed by atoms with Crippen molar-refractivity contribution < 1.29 is 23.7 Å². The Bertz CT molecular complexity index is 1070. The molecule has 0 aromatic heterocycles. The molecule has 0 aliphatic rings. The minimum Gasteiger partial charge on any atom is -0.497 e.